The fraction of sp³-hybridized carbons (Fsp3) is 0.857. The summed E-state index contributed by atoms with van der Waals surface area (Å²) in [6, 6.07) is 0. The van der Waals surface area contributed by atoms with Gasteiger partial charge in [0.2, 0.25) is 5.92 Å². The van der Waals surface area contributed by atoms with Gasteiger partial charge in [-0.15, -0.1) is 21.5 Å². The molecule has 120 valence electrons. The van der Waals surface area contributed by atoms with Crippen molar-refractivity contribution in [2.75, 3.05) is 26.8 Å². The number of methoxy groups -OCH3 is 1. The Hall–Kier alpha value is -0.660. The lowest BCUT2D eigenvalue weighted by atomic mass is 9.87. The number of hydrogen-bond acceptors (Lipinski definition) is 5. The van der Waals surface area contributed by atoms with Crippen molar-refractivity contribution in [2.24, 2.45) is 0 Å². The quantitative estimate of drug-likeness (QED) is 0.748. The van der Waals surface area contributed by atoms with E-state index in [-0.39, 0.29) is 18.8 Å². The van der Waals surface area contributed by atoms with Crippen LogP contribution in [0.15, 0.2) is 0 Å². The summed E-state index contributed by atoms with van der Waals surface area (Å²) in [5.74, 6) is -2.30. The van der Waals surface area contributed by atoms with Crippen LogP contribution in [0.2, 0.25) is 0 Å². The molecule has 21 heavy (non-hydrogen) atoms. The van der Waals surface area contributed by atoms with E-state index in [0.717, 1.165) is 42.6 Å². The molecule has 0 amide bonds. The Bertz CT molecular complexity index is 418. The third-order valence-electron chi connectivity index (χ3n) is 3.78. The van der Waals surface area contributed by atoms with Crippen LogP contribution in [-0.2, 0) is 11.2 Å². The van der Waals surface area contributed by atoms with Gasteiger partial charge in [0.15, 0.2) is 0 Å². The minimum absolute atomic E-state index is 0.0179. The summed E-state index contributed by atoms with van der Waals surface area (Å²) in [7, 11) is 1.69. The van der Waals surface area contributed by atoms with Crippen LogP contribution < -0.4 is 5.32 Å². The molecule has 2 rings (SSSR count). The molecule has 0 unspecified atom stereocenters. The molecule has 1 aliphatic rings. The smallest absolute Gasteiger partial charge is 0.248 e. The fourth-order valence-corrected chi connectivity index (χ4v) is 3.54. The summed E-state index contributed by atoms with van der Waals surface area (Å²) in [4.78, 5) is 0. The number of nitrogens with one attached hydrogen (secondary N) is 1. The van der Waals surface area contributed by atoms with Gasteiger partial charge < -0.3 is 10.1 Å². The Balaban J connectivity index is 1.69. The lowest BCUT2D eigenvalue weighted by molar-refractivity contribution is -0.0382. The number of ether oxygens (including phenoxy) is 1. The number of nitrogens with zero attached hydrogens (tertiary/aromatic N) is 2. The van der Waals surface area contributed by atoms with Crippen molar-refractivity contribution in [3.63, 3.8) is 0 Å². The molecule has 0 saturated heterocycles. The molecule has 1 fully saturated rings. The normalized spacial score (nSPS) is 19.0. The van der Waals surface area contributed by atoms with Crippen molar-refractivity contribution in [3.05, 3.63) is 10.0 Å². The first-order chi connectivity index (χ1) is 10.1. The van der Waals surface area contributed by atoms with Crippen molar-refractivity contribution in [2.45, 2.75) is 50.4 Å². The zero-order valence-electron chi connectivity index (χ0n) is 12.4. The molecular weight excluding hydrogens is 296 g/mol. The maximum atomic E-state index is 13.1. The first-order valence-electron chi connectivity index (χ1n) is 7.50. The molecule has 0 aliphatic heterocycles. The highest BCUT2D eigenvalue weighted by Gasteiger charge is 2.36. The summed E-state index contributed by atoms with van der Waals surface area (Å²) in [6.45, 7) is 2.50. The second-order valence-electron chi connectivity index (χ2n) is 5.51. The molecule has 0 radical (unpaired) electrons. The van der Waals surface area contributed by atoms with Gasteiger partial charge in [0.25, 0.3) is 0 Å². The highest BCUT2D eigenvalue weighted by atomic mass is 32.1. The van der Waals surface area contributed by atoms with Gasteiger partial charge in [0, 0.05) is 38.8 Å². The zero-order valence-corrected chi connectivity index (χ0v) is 13.2. The molecule has 1 aliphatic carbocycles. The summed E-state index contributed by atoms with van der Waals surface area (Å²) in [6.07, 6.45) is 2.91. The van der Waals surface area contributed by atoms with Crippen LogP contribution in [0.4, 0.5) is 8.78 Å². The molecule has 0 bridgehead atoms. The number of hydrogen-bond donors (Lipinski definition) is 1. The van der Waals surface area contributed by atoms with Crippen LogP contribution in [0, 0.1) is 0 Å². The average molecular weight is 319 g/mol. The maximum Gasteiger partial charge on any atom is 0.248 e. The van der Waals surface area contributed by atoms with Crippen molar-refractivity contribution >= 4 is 11.3 Å². The summed E-state index contributed by atoms with van der Waals surface area (Å²) in [5, 5.41) is 13.6. The van der Waals surface area contributed by atoms with Crippen LogP contribution in [0.3, 0.4) is 0 Å². The molecule has 1 aromatic heterocycles. The number of aryl methyl sites for hydroxylation is 1. The van der Waals surface area contributed by atoms with Crippen molar-refractivity contribution in [3.8, 4) is 0 Å². The van der Waals surface area contributed by atoms with Crippen LogP contribution in [0.1, 0.15) is 48.0 Å². The zero-order chi connectivity index (χ0) is 15.1. The summed E-state index contributed by atoms with van der Waals surface area (Å²) < 4.78 is 31.2. The van der Waals surface area contributed by atoms with Crippen molar-refractivity contribution in [1.29, 1.82) is 0 Å². The molecule has 7 heteroatoms. The molecule has 1 aromatic rings. The SMILES string of the molecule is COCCNCCCc1nnc(C2CCC(F)(F)CC2)s1. The van der Waals surface area contributed by atoms with Crippen LogP contribution in [0.25, 0.3) is 0 Å². The van der Waals surface area contributed by atoms with Gasteiger partial charge in [-0.3, -0.25) is 0 Å². The second-order valence-corrected chi connectivity index (χ2v) is 6.60. The van der Waals surface area contributed by atoms with Crippen molar-refractivity contribution in [1.82, 2.24) is 15.5 Å². The van der Waals surface area contributed by atoms with Gasteiger partial charge in [0.1, 0.15) is 10.0 Å². The minimum atomic E-state index is -2.47. The lowest BCUT2D eigenvalue weighted by Crippen LogP contribution is -2.23. The van der Waals surface area contributed by atoms with Gasteiger partial charge in [-0.1, -0.05) is 0 Å². The Kier molecular flexibility index (Phi) is 6.44. The Morgan fingerprint density at radius 1 is 1.29 bits per heavy atom. The van der Waals surface area contributed by atoms with Gasteiger partial charge in [-0.2, -0.15) is 0 Å². The highest BCUT2D eigenvalue weighted by Crippen LogP contribution is 2.41. The largest absolute Gasteiger partial charge is 0.383 e. The topological polar surface area (TPSA) is 47.0 Å². The molecule has 0 atom stereocenters. The van der Waals surface area contributed by atoms with Crippen LogP contribution in [-0.4, -0.2) is 42.9 Å². The summed E-state index contributed by atoms with van der Waals surface area (Å²) in [5.41, 5.74) is 0. The predicted octanol–water partition coefficient (Wildman–Crippen LogP) is 3.00. The van der Waals surface area contributed by atoms with E-state index >= 15 is 0 Å². The second kappa shape index (κ2) is 8.10. The first-order valence-corrected chi connectivity index (χ1v) is 8.32. The Morgan fingerprint density at radius 2 is 2.05 bits per heavy atom. The van der Waals surface area contributed by atoms with E-state index in [4.69, 9.17) is 4.74 Å². The monoisotopic (exact) mass is 319 g/mol. The van der Waals surface area contributed by atoms with Crippen molar-refractivity contribution < 1.29 is 13.5 Å². The summed E-state index contributed by atoms with van der Waals surface area (Å²) >= 11 is 1.59. The lowest BCUT2D eigenvalue weighted by Gasteiger charge is -2.26. The van der Waals surface area contributed by atoms with E-state index in [0.29, 0.717) is 12.8 Å². The number of aromatic nitrogens is 2. The third kappa shape index (κ3) is 5.56. The maximum absolute atomic E-state index is 13.1. The molecule has 1 heterocycles. The van der Waals surface area contributed by atoms with E-state index in [2.05, 4.69) is 15.5 Å². The van der Waals surface area contributed by atoms with Gasteiger partial charge >= 0.3 is 0 Å². The van der Waals surface area contributed by atoms with E-state index in [1.165, 1.54) is 0 Å². The minimum Gasteiger partial charge on any atom is -0.383 e. The molecule has 1 N–H and O–H groups in total. The molecule has 0 spiro atoms. The Labute approximate surface area is 128 Å². The van der Waals surface area contributed by atoms with E-state index < -0.39 is 5.92 Å². The predicted molar refractivity (Wildman–Crippen MR) is 79.1 cm³/mol. The highest BCUT2D eigenvalue weighted by molar-refractivity contribution is 7.11. The Morgan fingerprint density at radius 3 is 2.76 bits per heavy atom. The van der Waals surface area contributed by atoms with E-state index in [1.54, 1.807) is 18.4 Å². The average Bonchev–Trinajstić information content (AvgIpc) is 2.91. The van der Waals surface area contributed by atoms with Gasteiger partial charge in [-0.25, -0.2) is 8.78 Å². The van der Waals surface area contributed by atoms with E-state index in [1.807, 2.05) is 0 Å². The molecule has 1 saturated carbocycles. The van der Waals surface area contributed by atoms with Crippen LogP contribution >= 0.6 is 11.3 Å². The number of halogens is 2. The van der Waals surface area contributed by atoms with Gasteiger partial charge in [0.05, 0.1) is 6.61 Å². The fourth-order valence-electron chi connectivity index (χ4n) is 2.48. The standard InChI is InChI=1S/C14H23F2N3OS/c1-20-10-9-17-8-2-3-12-18-19-13(21-12)11-4-6-14(15,16)7-5-11/h11,17H,2-10H2,1H3. The third-order valence-corrected chi connectivity index (χ3v) is 4.92. The first kappa shape index (κ1) is 16.7. The van der Waals surface area contributed by atoms with Crippen LogP contribution in [0.5, 0.6) is 0 Å². The van der Waals surface area contributed by atoms with Gasteiger partial charge in [-0.05, 0) is 25.8 Å². The number of alkyl halides is 2. The molecule has 0 aromatic carbocycles. The van der Waals surface area contributed by atoms with E-state index in [9.17, 15) is 8.78 Å². The molecular formula is C14H23F2N3OS. The molecule has 4 nitrogen and oxygen atoms in total. The number of rotatable bonds is 8.